The molecule has 1 nitrogen and oxygen atoms in total. The molecule has 0 spiro atoms. The summed E-state index contributed by atoms with van der Waals surface area (Å²) in [5, 5.41) is 0. The van der Waals surface area contributed by atoms with Crippen LogP contribution in [0.2, 0.25) is 0 Å². The molecule has 0 radical (unpaired) electrons. The van der Waals surface area contributed by atoms with Gasteiger partial charge in [0.25, 0.3) is 0 Å². The highest BCUT2D eigenvalue weighted by atomic mass is 32.2. The second kappa shape index (κ2) is 6.07. The molecule has 108 valence electrons. The van der Waals surface area contributed by atoms with Crippen molar-refractivity contribution in [3.63, 3.8) is 0 Å². The molecule has 0 unspecified atom stereocenters. The summed E-state index contributed by atoms with van der Waals surface area (Å²) in [6.07, 6.45) is 5.44. The van der Waals surface area contributed by atoms with E-state index in [0.29, 0.717) is 0 Å². The Balaban J connectivity index is 1.64. The Hall–Kier alpha value is -0.900. The molecular formula is C18H19OS2+. The lowest BCUT2D eigenvalue weighted by molar-refractivity contribution is 0.281. The minimum Gasteiger partial charge on any atom is -0.161 e. The molecule has 1 saturated carbocycles. The van der Waals surface area contributed by atoms with Gasteiger partial charge in [0.05, 0.1) is 9.79 Å². The quantitative estimate of drug-likeness (QED) is 0.710. The molecule has 4 rings (SSSR count). The Morgan fingerprint density at radius 2 is 1.48 bits per heavy atom. The van der Waals surface area contributed by atoms with Crippen molar-refractivity contribution in [1.82, 2.24) is 0 Å². The average Bonchev–Trinajstić information content (AvgIpc) is 3.05. The zero-order valence-corrected chi connectivity index (χ0v) is 13.6. The van der Waals surface area contributed by atoms with E-state index in [4.69, 9.17) is 4.18 Å². The molecule has 2 aromatic carbocycles. The molecule has 21 heavy (non-hydrogen) atoms. The van der Waals surface area contributed by atoms with Gasteiger partial charge in [-0.3, -0.25) is 0 Å². The van der Waals surface area contributed by atoms with Gasteiger partial charge in [0, 0.05) is 0 Å². The van der Waals surface area contributed by atoms with Crippen LogP contribution in [0.25, 0.3) is 0 Å². The fourth-order valence-corrected chi connectivity index (χ4v) is 6.38. The van der Waals surface area contributed by atoms with Gasteiger partial charge < -0.3 is 0 Å². The van der Waals surface area contributed by atoms with Gasteiger partial charge in [-0.15, -0.1) is 0 Å². The molecule has 1 aliphatic carbocycles. The Kier molecular flexibility index (Phi) is 3.97. The first-order valence-electron chi connectivity index (χ1n) is 7.65. The standard InChI is InChI=1S/C18H19OS2/c1-2-8-14(7-1)13-19-21-17-11-5-3-9-15(17)20-16-10-4-6-12-18(16)21/h3-6,9-12,14H,1-2,7-8,13H2/q+1. The molecular weight excluding hydrogens is 296 g/mol. The van der Waals surface area contributed by atoms with Gasteiger partial charge in [0.1, 0.15) is 6.61 Å². The summed E-state index contributed by atoms with van der Waals surface area (Å²) in [5.41, 5.74) is 0. The third-order valence-corrected chi connectivity index (χ3v) is 7.51. The second-order valence-corrected chi connectivity index (χ2v) is 8.44. The van der Waals surface area contributed by atoms with Crippen LogP contribution in [0.4, 0.5) is 0 Å². The average molecular weight is 315 g/mol. The van der Waals surface area contributed by atoms with Crippen LogP contribution in [0.1, 0.15) is 25.7 Å². The van der Waals surface area contributed by atoms with E-state index < -0.39 is 0 Å². The molecule has 0 aromatic heterocycles. The SMILES string of the molecule is c1ccc2c(c1)Sc1ccccc1[S+]2OCC1CCCC1. The molecule has 0 bridgehead atoms. The van der Waals surface area contributed by atoms with Crippen LogP contribution in [-0.4, -0.2) is 6.61 Å². The molecule has 0 N–H and O–H groups in total. The first-order chi connectivity index (χ1) is 10.4. The van der Waals surface area contributed by atoms with E-state index in [-0.39, 0.29) is 11.2 Å². The summed E-state index contributed by atoms with van der Waals surface area (Å²) in [6, 6.07) is 17.4. The third-order valence-electron chi connectivity index (χ3n) is 4.21. The first-order valence-corrected chi connectivity index (χ1v) is 9.62. The Labute approximate surface area is 133 Å². The Morgan fingerprint density at radius 1 is 0.905 bits per heavy atom. The third kappa shape index (κ3) is 2.75. The summed E-state index contributed by atoms with van der Waals surface area (Å²) in [5.74, 6) is 0.770. The molecule has 3 heteroatoms. The van der Waals surface area contributed by atoms with Crippen molar-refractivity contribution in [1.29, 1.82) is 0 Å². The van der Waals surface area contributed by atoms with E-state index in [1.165, 1.54) is 45.3 Å². The number of fused-ring (bicyclic) bond motifs is 2. The van der Waals surface area contributed by atoms with Gasteiger partial charge >= 0.3 is 0 Å². The van der Waals surface area contributed by atoms with Gasteiger partial charge in [-0.1, -0.05) is 48.9 Å². The predicted octanol–water partition coefficient (Wildman–Crippen LogP) is 5.31. The van der Waals surface area contributed by atoms with Gasteiger partial charge in [-0.2, -0.15) is 4.18 Å². The summed E-state index contributed by atoms with van der Waals surface area (Å²) in [6.45, 7) is 0.913. The normalized spacial score (nSPS) is 18.5. The monoisotopic (exact) mass is 315 g/mol. The van der Waals surface area contributed by atoms with Crippen molar-refractivity contribution in [3.05, 3.63) is 48.5 Å². The van der Waals surface area contributed by atoms with E-state index in [0.717, 1.165) is 12.5 Å². The molecule has 1 fully saturated rings. The van der Waals surface area contributed by atoms with Crippen molar-refractivity contribution in [2.24, 2.45) is 5.92 Å². The molecule has 1 aliphatic heterocycles. The van der Waals surface area contributed by atoms with E-state index >= 15 is 0 Å². The highest BCUT2D eigenvalue weighted by Crippen LogP contribution is 2.46. The number of hydrogen-bond donors (Lipinski definition) is 0. The van der Waals surface area contributed by atoms with Crippen LogP contribution >= 0.6 is 11.8 Å². The van der Waals surface area contributed by atoms with Gasteiger partial charge in [0.2, 0.25) is 21.0 Å². The highest BCUT2D eigenvalue weighted by Gasteiger charge is 2.38. The number of benzene rings is 2. The maximum atomic E-state index is 6.43. The van der Waals surface area contributed by atoms with Crippen LogP contribution in [0, 0.1) is 5.92 Å². The highest BCUT2D eigenvalue weighted by molar-refractivity contribution is 8.02. The van der Waals surface area contributed by atoms with Crippen LogP contribution in [-0.2, 0) is 15.4 Å². The molecule has 0 saturated heterocycles. The lowest BCUT2D eigenvalue weighted by Gasteiger charge is -2.18. The minimum atomic E-state index is -0.211. The van der Waals surface area contributed by atoms with Crippen LogP contribution in [0.3, 0.4) is 0 Å². The smallest absolute Gasteiger partial charge is 0.161 e. The maximum Gasteiger partial charge on any atom is 0.225 e. The van der Waals surface area contributed by atoms with Crippen molar-refractivity contribution >= 4 is 22.9 Å². The van der Waals surface area contributed by atoms with Crippen molar-refractivity contribution in [3.8, 4) is 0 Å². The molecule has 1 heterocycles. The van der Waals surface area contributed by atoms with E-state index in [1.807, 2.05) is 11.8 Å². The van der Waals surface area contributed by atoms with Crippen LogP contribution in [0.5, 0.6) is 0 Å². The maximum absolute atomic E-state index is 6.43. The lowest BCUT2D eigenvalue weighted by Crippen LogP contribution is -2.17. The summed E-state index contributed by atoms with van der Waals surface area (Å²) < 4.78 is 6.43. The topological polar surface area (TPSA) is 9.23 Å². The zero-order valence-electron chi connectivity index (χ0n) is 12.0. The fraction of sp³-hybridized carbons (Fsp3) is 0.333. The zero-order chi connectivity index (χ0) is 14.1. The summed E-state index contributed by atoms with van der Waals surface area (Å²) >= 11 is 1.66. The summed E-state index contributed by atoms with van der Waals surface area (Å²) in [4.78, 5) is 5.43. The summed E-state index contributed by atoms with van der Waals surface area (Å²) in [7, 11) is 0. The Bertz CT molecular complexity index is 589. The number of hydrogen-bond acceptors (Lipinski definition) is 2. The van der Waals surface area contributed by atoms with Gasteiger partial charge in [-0.25, -0.2) is 0 Å². The van der Waals surface area contributed by atoms with E-state index in [9.17, 15) is 0 Å². The van der Waals surface area contributed by atoms with Crippen molar-refractivity contribution in [2.75, 3.05) is 6.61 Å². The number of rotatable bonds is 3. The molecule has 2 aliphatic rings. The van der Waals surface area contributed by atoms with Gasteiger partial charge in [-0.05, 0) is 43.0 Å². The van der Waals surface area contributed by atoms with E-state index in [2.05, 4.69) is 48.5 Å². The first kappa shape index (κ1) is 13.7. The Morgan fingerprint density at radius 3 is 2.10 bits per heavy atom. The predicted molar refractivity (Wildman–Crippen MR) is 88.8 cm³/mol. The van der Waals surface area contributed by atoms with Gasteiger partial charge in [0.15, 0.2) is 0 Å². The lowest BCUT2D eigenvalue weighted by atomic mass is 10.1. The van der Waals surface area contributed by atoms with Crippen molar-refractivity contribution in [2.45, 2.75) is 45.3 Å². The second-order valence-electron chi connectivity index (χ2n) is 5.70. The van der Waals surface area contributed by atoms with Crippen LogP contribution < -0.4 is 0 Å². The fourth-order valence-electron chi connectivity index (χ4n) is 3.08. The minimum absolute atomic E-state index is 0.211. The largest absolute Gasteiger partial charge is 0.225 e. The van der Waals surface area contributed by atoms with E-state index in [1.54, 1.807) is 0 Å². The molecule has 2 aromatic rings. The van der Waals surface area contributed by atoms with Crippen LogP contribution in [0.15, 0.2) is 68.1 Å². The molecule has 0 atom stereocenters. The van der Waals surface area contributed by atoms with Crippen molar-refractivity contribution < 1.29 is 4.18 Å². The molecule has 0 amide bonds.